The molecule has 0 spiro atoms. The molecule has 2 aromatic rings. The van der Waals surface area contributed by atoms with Crippen molar-refractivity contribution in [2.75, 3.05) is 0 Å². The van der Waals surface area contributed by atoms with Crippen LogP contribution in [0, 0.1) is 0 Å². The molecule has 84 valence electrons. The van der Waals surface area contributed by atoms with E-state index in [-0.39, 0.29) is 0 Å². The van der Waals surface area contributed by atoms with E-state index in [1.165, 1.54) is 0 Å². The number of hydrogen-bond acceptors (Lipinski definition) is 2. The van der Waals surface area contributed by atoms with E-state index in [9.17, 15) is 0 Å². The van der Waals surface area contributed by atoms with Crippen LogP contribution in [-0.4, -0.2) is 9.97 Å². The lowest BCUT2D eigenvalue weighted by atomic mass is 10.00. The van der Waals surface area contributed by atoms with Gasteiger partial charge in [-0.25, -0.2) is 9.97 Å². The van der Waals surface area contributed by atoms with Crippen LogP contribution in [0.5, 0.6) is 0 Å². The second-order valence-electron chi connectivity index (χ2n) is 4.79. The van der Waals surface area contributed by atoms with Crippen LogP contribution in [0.25, 0.3) is 11.0 Å². The largest absolute Gasteiger partial charge is 0.249 e. The summed E-state index contributed by atoms with van der Waals surface area (Å²) >= 11 is 0. The Morgan fingerprint density at radius 2 is 1.12 bits per heavy atom. The number of nitrogens with zero attached hydrogens (tertiary/aromatic N) is 2. The summed E-state index contributed by atoms with van der Waals surface area (Å²) in [6, 6.07) is 8.07. The normalized spacial score (nSPS) is 11.6. The maximum absolute atomic E-state index is 4.73. The molecule has 2 heteroatoms. The SMILES string of the molecule is CC(C)c1nc2ccccc2nc1C(C)C. The van der Waals surface area contributed by atoms with Gasteiger partial charge >= 0.3 is 0 Å². The first-order chi connectivity index (χ1) is 7.59. The molecule has 0 bridgehead atoms. The molecule has 1 aromatic heterocycles. The standard InChI is InChI=1S/C14H18N2/c1-9(2)13-14(10(3)4)16-12-8-6-5-7-11(12)15-13/h5-10H,1-4H3. The van der Waals surface area contributed by atoms with Crippen molar-refractivity contribution < 1.29 is 0 Å². The molecule has 2 rings (SSSR count). The van der Waals surface area contributed by atoms with Crippen molar-refractivity contribution in [3.8, 4) is 0 Å². The average Bonchev–Trinajstić information content (AvgIpc) is 2.27. The van der Waals surface area contributed by atoms with Crippen molar-refractivity contribution in [3.05, 3.63) is 35.7 Å². The third-order valence-corrected chi connectivity index (χ3v) is 2.72. The van der Waals surface area contributed by atoms with Gasteiger partial charge in [0.2, 0.25) is 0 Å². The molecule has 0 atom stereocenters. The van der Waals surface area contributed by atoms with Crippen LogP contribution >= 0.6 is 0 Å². The first-order valence-corrected chi connectivity index (χ1v) is 5.86. The molecule has 1 heterocycles. The van der Waals surface area contributed by atoms with Gasteiger partial charge in [-0.15, -0.1) is 0 Å². The zero-order valence-electron chi connectivity index (χ0n) is 10.4. The zero-order chi connectivity index (χ0) is 11.7. The molecule has 0 saturated carbocycles. The highest BCUT2D eigenvalue weighted by Gasteiger charge is 2.14. The number of benzene rings is 1. The Kier molecular flexibility index (Phi) is 2.90. The molecule has 0 N–H and O–H groups in total. The van der Waals surface area contributed by atoms with Crippen molar-refractivity contribution in [2.24, 2.45) is 0 Å². The minimum absolute atomic E-state index is 0.425. The van der Waals surface area contributed by atoms with E-state index in [0.29, 0.717) is 11.8 Å². The Labute approximate surface area is 96.7 Å². The van der Waals surface area contributed by atoms with E-state index >= 15 is 0 Å². The van der Waals surface area contributed by atoms with Crippen LogP contribution < -0.4 is 0 Å². The summed E-state index contributed by atoms with van der Waals surface area (Å²) in [7, 11) is 0. The molecular formula is C14H18N2. The van der Waals surface area contributed by atoms with E-state index in [1.807, 2.05) is 24.3 Å². The summed E-state index contributed by atoms with van der Waals surface area (Å²) in [6.07, 6.45) is 0. The summed E-state index contributed by atoms with van der Waals surface area (Å²) in [4.78, 5) is 9.47. The third kappa shape index (κ3) is 1.92. The fourth-order valence-electron chi connectivity index (χ4n) is 1.88. The molecule has 0 amide bonds. The predicted molar refractivity (Wildman–Crippen MR) is 67.7 cm³/mol. The van der Waals surface area contributed by atoms with E-state index in [1.54, 1.807) is 0 Å². The van der Waals surface area contributed by atoms with Crippen molar-refractivity contribution in [3.63, 3.8) is 0 Å². The third-order valence-electron chi connectivity index (χ3n) is 2.72. The Bertz CT molecular complexity index is 455. The second-order valence-corrected chi connectivity index (χ2v) is 4.79. The number of rotatable bonds is 2. The Morgan fingerprint density at radius 1 is 0.750 bits per heavy atom. The van der Waals surface area contributed by atoms with Crippen molar-refractivity contribution in [1.82, 2.24) is 9.97 Å². The first kappa shape index (κ1) is 11.1. The van der Waals surface area contributed by atoms with E-state index in [2.05, 4.69) is 27.7 Å². The van der Waals surface area contributed by atoms with Crippen molar-refractivity contribution in [2.45, 2.75) is 39.5 Å². The van der Waals surface area contributed by atoms with Crippen LogP contribution in [0.15, 0.2) is 24.3 Å². The van der Waals surface area contributed by atoms with Gasteiger partial charge in [0, 0.05) is 0 Å². The number of para-hydroxylation sites is 2. The molecule has 0 unspecified atom stereocenters. The summed E-state index contributed by atoms with van der Waals surface area (Å²) in [5, 5.41) is 0. The average molecular weight is 214 g/mol. The lowest BCUT2D eigenvalue weighted by Gasteiger charge is -2.14. The maximum Gasteiger partial charge on any atom is 0.0890 e. The van der Waals surface area contributed by atoms with Gasteiger partial charge in [-0.1, -0.05) is 39.8 Å². The summed E-state index contributed by atoms with van der Waals surface area (Å²) in [5.74, 6) is 0.851. The molecule has 0 aliphatic rings. The van der Waals surface area contributed by atoms with Gasteiger partial charge in [0.1, 0.15) is 0 Å². The maximum atomic E-state index is 4.73. The summed E-state index contributed by atoms with van der Waals surface area (Å²) in [5.41, 5.74) is 4.26. The lowest BCUT2D eigenvalue weighted by Crippen LogP contribution is -2.05. The highest BCUT2D eigenvalue weighted by Crippen LogP contribution is 2.24. The van der Waals surface area contributed by atoms with Crippen LogP contribution in [0.1, 0.15) is 50.9 Å². The Morgan fingerprint density at radius 3 is 1.44 bits per heavy atom. The summed E-state index contributed by atoms with van der Waals surface area (Å²) < 4.78 is 0. The highest BCUT2D eigenvalue weighted by molar-refractivity contribution is 5.74. The zero-order valence-corrected chi connectivity index (χ0v) is 10.4. The van der Waals surface area contributed by atoms with Gasteiger partial charge in [0.05, 0.1) is 22.4 Å². The molecule has 0 aliphatic carbocycles. The molecule has 0 saturated heterocycles. The van der Waals surface area contributed by atoms with Crippen molar-refractivity contribution >= 4 is 11.0 Å². The minimum atomic E-state index is 0.425. The molecule has 0 radical (unpaired) electrons. The number of fused-ring (bicyclic) bond motifs is 1. The van der Waals surface area contributed by atoms with Crippen LogP contribution in [0.4, 0.5) is 0 Å². The van der Waals surface area contributed by atoms with Crippen molar-refractivity contribution in [1.29, 1.82) is 0 Å². The minimum Gasteiger partial charge on any atom is -0.249 e. The van der Waals surface area contributed by atoms with Gasteiger partial charge in [-0.3, -0.25) is 0 Å². The van der Waals surface area contributed by atoms with Crippen LogP contribution in [0.2, 0.25) is 0 Å². The first-order valence-electron chi connectivity index (χ1n) is 5.86. The van der Waals surface area contributed by atoms with Gasteiger partial charge in [0.25, 0.3) is 0 Å². The fourth-order valence-corrected chi connectivity index (χ4v) is 1.88. The fraction of sp³-hybridized carbons (Fsp3) is 0.429. The van der Waals surface area contributed by atoms with E-state index in [0.717, 1.165) is 22.4 Å². The van der Waals surface area contributed by atoms with E-state index < -0.39 is 0 Å². The Hall–Kier alpha value is -1.44. The van der Waals surface area contributed by atoms with E-state index in [4.69, 9.17) is 9.97 Å². The number of aromatic nitrogens is 2. The van der Waals surface area contributed by atoms with Gasteiger partial charge < -0.3 is 0 Å². The topological polar surface area (TPSA) is 25.8 Å². The molecule has 0 fully saturated rings. The monoisotopic (exact) mass is 214 g/mol. The van der Waals surface area contributed by atoms with Gasteiger partial charge in [-0.05, 0) is 24.0 Å². The van der Waals surface area contributed by atoms with Crippen LogP contribution in [0.3, 0.4) is 0 Å². The molecular weight excluding hydrogens is 196 g/mol. The van der Waals surface area contributed by atoms with Gasteiger partial charge in [0.15, 0.2) is 0 Å². The quantitative estimate of drug-likeness (QED) is 0.758. The number of hydrogen-bond donors (Lipinski definition) is 0. The summed E-state index contributed by atoms with van der Waals surface area (Å²) in [6.45, 7) is 8.69. The van der Waals surface area contributed by atoms with Gasteiger partial charge in [-0.2, -0.15) is 0 Å². The molecule has 1 aromatic carbocycles. The molecule has 16 heavy (non-hydrogen) atoms. The molecule has 2 nitrogen and oxygen atoms in total. The van der Waals surface area contributed by atoms with Crippen LogP contribution in [-0.2, 0) is 0 Å². The second kappa shape index (κ2) is 4.20. The Balaban J connectivity index is 2.71. The predicted octanol–water partition coefficient (Wildman–Crippen LogP) is 3.88. The lowest BCUT2D eigenvalue weighted by molar-refractivity contribution is 0.737. The highest BCUT2D eigenvalue weighted by atomic mass is 14.8. The smallest absolute Gasteiger partial charge is 0.0890 e. The molecule has 0 aliphatic heterocycles.